The van der Waals surface area contributed by atoms with Crippen molar-refractivity contribution in [2.75, 3.05) is 25.0 Å². The molecule has 0 bridgehead atoms. The Hall–Kier alpha value is -2.32. The van der Waals surface area contributed by atoms with Gasteiger partial charge in [0.2, 0.25) is 5.91 Å². The predicted molar refractivity (Wildman–Crippen MR) is 74.8 cm³/mol. The van der Waals surface area contributed by atoms with Gasteiger partial charge in [0.1, 0.15) is 0 Å². The molecule has 5 nitrogen and oxygen atoms in total. The van der Waals surface area contributed by atoms with Crippen LogP contribution in [0.1, 0.15) is 17.3 Å². The fraction of sp³-hybridized carbons (Fsp3) is 0.286. The van der Waals surface area contributed by atoms with Crippen molar-refractivity contribution in [3.05, 3.63) is 29.8 Å². The zero-order chi connectivity index (χ0) is 14.1. The van der Waals surface area contributed by atoms with E-state index >= 15 is 0 Å². The van der Waals surface area contributed by atoms with Crippen molar-refractivity contribution in [3.8, 4) is 12.3 Å². The molecule has 0 atom stereocenters. The molecule has 2 amide bonds. The molecule has 0 saturated heterocycles. The van der Waals surface area contributed by atoms with E-state index < -0.39 is 0 Å². The zero-order valence-corrected chi connectivity index (χ0v) is 10.8. The van der Waals surface area contributed by atoms with E-state index in [9.17, 15) is 9.59 Å². The van der Waals surface area contributed by atoms with Gasteiger partial charge in [-0.05, 0) is 31.2 Å². The molecule has 0 spiro atoms. The Morgan fingerprint density at radius 1 is 1.26 bits per heavy atom. The van der Waals surface area contributed by atoms with E-state index in [4.69, 9.17) is 6.42 Å². The highest BCUT2D eigenvalue weighted by Crippen LogP contribution is 2.09. The van der Waals surface area contributed by atoms with E-state index in [1.54, 1.807) is 24.3 Å². The summed E-state index contributed by atoms with van der Waals surface area (Å²) < 4.78 is 0. The summed E-state index contributed by atoms with van der Waals surface area (Å²) in [6, 6.07) is 6.69. The summed E-state index contributed by atoms with van der Waals surface area (Å²) in [5.74, 6) is 2.07. The van der Waals surface area contributed by atoms with Crippen LogP contribution in [0, 0.1) is 12.3 Å². The lowest BCUT2D eigenvalue weighted by atomic mass is 10.2. The number of rotatable bonds is 6. The number of carbonyl (C=O) groups is 2. The van der Waals surface area contributed by atoms with Crippen molar-refractivity contribution >= 4 is 17.5 Å². The Kier molecular flexibility index (Phi) is 6.13. The van der Waals surface area contributed by atoms with Crippen LogP contribution in [0.3, 0.4) is 0 Å². The number of benzene rings is 1. The first-order valence-corrected chi connectivity index (χ1v) is 5.99. The van der Waals surface area contributed by atoms with E-state index in [1.165, 1.54) is 0 Å². The Bertz CT molecular complexity index is 474. The third-order valence-corrected chi connectivity index (χ3v) is 2.28. The van der Waals surface area contributed by atoms with Gasteiger partial charge >= 0.3 is 0 Å². The number of hydrogen-bond donors (Lipinski definition) is 3. The van der Waals surface area contributed by atoms with Gasteiger partial charge in [-0.1, -0.05) is 5.92 Å². The topological polar surface area (TPSA) is 70.2 Å². The van der Waals surface area contributed by atoms with Crippen LogP contribution in [0.15, 0.2) is 24.3 Å². The highest BCUT2D eigenvalue weighted by atomic mass is 16.2. The SMILES string of the molecule is C#CCNCC(=O)Nc1ccc(C(=O)NCC)cc1. The van der Waals surface area contributed by atoms with Crippen molar-refractivity contribution in [1.29, 1.82) is 0 Å². The Morgan fingerprint density at radius 2 is 1.95 bits per heavy atom. The molecular weight excluding hydrogens is 242 g/mol. The van der Waals surface area contributed by atoms with Gasteiger partial charge in [0.15, 0.2) is 0 Å². The molecule has 0 unspecified atom stereocenters. The van der Waals surface area contributed by atoms with Gasteiger partial charge in [-0.3, -0.25) is 14.9 Å². The smallest absolute Gasteiger partial charge is 0.251 e. The summed E-state index contributed by atoms with van der Waals surface area (Å²) in [7, 11) is 0. The summed E-state index contributed by atoms with van der Waals surface area (Å²) in [5, 5.41) is 8.19. The van der Waals surface area contributed by atoms with Gasteiger partial charge in [0.25, 0.3) is 5.91 Å². The number of anilines is 1. The summed E-state index contributed by atoms with van der Waals surface area (Å²) in [5.41, 5.74) is 1.20. The molecule has 3 N–H and O–H groups in total. The van der Waals surface area contributed by atoms with Crippen LogP contribution in [-0.4, -0.2) is 31.4 Å². The maximum atomic E-state index is 11.5. The van der Waals surface area contributed by atoms with E-state index in [2.05, 4.69) is 21.9 Å². The average Bonchev–Trinajstić information content (AvgIpc) is 2.40. The van der Waals surface area contributed by atoms with Gasteiger partial charge in [-0.15, -0.1) is 6.42 Å². The number of amides is 2. The van der Waals surface area contributed by atoms with Crippen LogP contribution < -0.4 is 16.0 Å². The second kappa shape index (κ2) is 7.90. The first-order valence-electron chi connectivity index (χ1n) is 5.99. The van der Waals surface area contributed by atoms with E-state index in [1.807, 2.05) is 6.92 Å². The Balaban J connectivity index is 2.50. The molecular formula is C14H17N3O2. The molecule has 0 fully saturated rings. The third-order valence-electron chi connectivity index (χ3n) is 2.28. The van der Waals surface area contributed by atoms with E-state index in [0.29, 0.717) is 24.3 Å². The molecule has 0 radical (unpaired) electrons. The van der Waals surface area contributed by atoms with Crippen LogP contribution in [0.25, 0.3) is 0 Å². The maximum absolute atomic E-state index is 11.5. The first-order chi connectivity index (χ1) is 9.17. The molecule has 100 valence electrons. The van der Waals surface area contributed by atoms with Crippen LogP contribution in [0.2, 0.25) is 0 Å². The minimum Gasteiger partial charge on any atom is -0.352 e. The molecule has 0 heterocycles. The summed E-state index contributed by atoms with van der Waals surface area (Å²) in [4.78, 5) is 23.0. The van der Waals surface area contributed by atoms with Crippen LogP contribution in [0.4, 0.5) is 5.69 Å². The molecule has 1 aromatic rings. The molecule has 0 aromatic heterocycles. The molecule has 1 aromatic carbocycles. The fourth-order valence-corrected chi connectivity index (χ4v) is 1.42. The minimum absolute atomic E-state index is 0.129. The quantitative estimate of drug-likeness (QED) is 0.517. The predicted octanol–water partition coefficient (Wildman–Crippen LogP) is 0.598. The largest absolute Gasteiger partial charge is 0.352 e. The summed E-state index contributed by atoms with van der Waals surface area (Å²) >= 11 is 0. The lowest BCUT2D eigenvalue weighted by Gasteiger charge is -2.06. The number of carbonyl (C=O) groups excluding carboxylic acids is 2. The van der Waals surface area contributed by atoms with Gasteiger partial charge in [0.05, 0.1) is 13.1 Å². The summed E-state index contributed by atoms with van der Waals surface area (Å²) in [6.45, 7) is 2.94. The molecule has 0 aliphatic rings. The minimum atomic E-state index is -0.180. The van der Waals surface area contributed by atoms with Crippen molar-refractivity contribution < 1.29 is 9.59 Å². The maximum Gasteiger partial charge on any atom is 0.251 e. The van der Waals surface area contributed by atoms with Gasteiger partial charge < -0.3 is 10.6 Å². The van der Waals surface area contributed by atoms with Crippen molar-refractivity contribution in [2.45, 2.75) is 6.92 Å². The second-order valence-corrected chi connectivity index (χ2v) is 3.79. The number of nitrogens with one attached hydrogen (secondary N) is 3. The van der Waals surface area contributed by atoms with Crippen molar-refractivity contribution in [1.82, 2.24) is 10.6 Å². The van der Waals surface area contributed by atoms with Crippen LogP contribution in [0.5, 0.6) is 0 Å². The molecule has 0 aliphatic carbocycles. The average molecular weight is 259 g/mol. The van der Waals surface area contributed by atoms with Crippen LogP contribution in [-0.2, 0) is 4.79 Å². The van der Waals surface area contributed by atoms with Crippen molar-refractivity contribution in [3.63, 3.8) is 0 Å². The zero-order valence-electron chi connectivity index (χ0n) is 10.8. The van der Waals surface area contributed by atoms with Crippen LogP contribution >= 0.6 is 0 Å². The molecule has 0 saturated carbocycles. The Labute approximate surface area is 112 Å². The summed E-state index contributed by atoms with van der Waals surface area (Å²) in [6.07, 6.45) is 5.05. The van der Waals surface area contributed by atoms with E-state index in [0.717, 1.165) is 0 Å². The highest BCUT2D eigenvalue weighted by molar-refractivity contribution is 5.96. The van der Waals surface area contributed by atoms with E-state index in [-0.39, 0.29) is 18.4 Å². The Morgan fingerprint density at radius 3 is 2.53 bits per heavy atom. The number of terminal acetylenes is 1. The van der Waals surface area contributed by atoms with Gasteiger partial charge in [-0.2, -0.15) is 0 Å². The second-order valence-electron chi connectivity index (χ2n) is 3.79. The van der Waals surface area contributed by atoms with Gasteiger partial charge in [0, 0.05) is 17.8 Å². The highest BCUT2D eigenvalue weighted by Gasteiger charge is 2.05. The molecule has 0 aliphatic heterocycles. The third kappa shape index (κ3) is 5.23. The lowest BCUT2D eigenvalue weighted by molar-refractivity contribution is -0.115. The number of hydrogen-bond acceptors (Lipinski definition) is 3. The monoisotopic (exact) mass is 259 g/mol. The van der Waals surface area contributed by atoms with Crippen molar-refractivity contribution in [2.24, 2.45) is 0 Å². The van der Waals surface area contributed by atoms with Gasteiger partial charge in [-0.25, -0.2) is 0 Å². The molecule has 5 heteroatoms. The molecule has 19 heavy (non-hydrogen) atoms. The molecule has 1 rings (SSSR count). The first kappa shape index (κ1) is 14.7. The fourth-order valence-electron chi connectivity index (χ4n) is 1.42. The standard InChI is InChI=1S/C14H17N3O2/c1-3-9-15-10-13(18)17-12-7-5-11(6-8-12)14(19)16-4-2/h1,5-8,15H,4,9-10H2,2H3,(H,16,19)(H,17,18). The lowest BCUT2D eigenvalue weighted by Crippen LogP contribution is -2.28. The normalized spacial score (nSPS) is 9.47.